The van der Waals surface area contributed by atoms with Crippen LogP contribution in [0.4, 0.5) is 4.39 Å². The summed E-state index contributed by atoms with van der Waals surface area (Å²) in [6.45, 7) is 0. The van der Waals surface area contributed by atoms with Gasteiger partial charge in [-0.05, 0) is 34.0 Å². The maximum Gasteiger partial charge on any atom is 0.137 e. The van der Waals surface area contributed by atoms with Crippen molar-refractivity contribution in [3.8, 4) is 12.3 Å². The predicted octanol–water partition coefficient (Wildman–Crippen LogP) is 3.04. The molecule has 0 radical (unpaired) electrons. The standard InChI is InChI=1S/C11H10BrFO/c1-2-3-7-10(14)8-5-4-6-9(13)11(8)12/h1,4-6,10,14H,3,7H2. The lowest BCUT2D eigenvalue weighted by Crippen LogP contribution is -1.99. The van der Waals surface area contributed by atoms with Crippen LogP contribution in [0.1, 0.15) is 24.5 Å². The topological polar surface area (TPSA) is 20.2 Å². The first-order chi connectivity index (χ1) is 6.66. The van der Waals surface area contributed by atoms with Gasteiger partial charge in [-0.3, -0.25) is 0 Å². The fraction of sp³-hybridized carbons (Fsp3) is 0.273. The minimum absolute atomic E-state index is 0.310. The second kappa shape index (κ2) is 5.14. The zero-order valence-electron chi connectivity index (χ0n) is 7.50. The van der Waals surface area contributed by atoms with Crippen molar-refractivity contribution >= 4 is 15.9 Å². The molecule has 1 N–H and O–H groups in total. The van der Waals surface area contributed by atoms with E-state index in [2.05, 4.69) is 21.9 Å². The van der Waals surface area contributed by atoms with Crippen LogP contribution < -0.4 is 0 Å². The molecule has 1 atom stereocenters. The zero-order valence-corrected chi connectivity index (χ0v) is 9.09. The van der Waals surface area contributed by atoms with Crippen LogP contribution in [0.2, 0.25) is 0 Å². The van der Waals surface area contributed by atoms with E-state index in [1.807, 2.05) is 0 Å². The number of hydrogen-bond acceptors (Lipinski definition) is 1. The largest absolute Gasteiger partial charge is 0.388 e. The molecule has 1 aromatic carbocycles. The third kappa shape index (κ3) is 2.57. The minimum Gasteiger partial charge on any atom is -0.388 e. The van der Waals surface area contributed by atoms with Crippen LogP contribution in [0.15, 0.2) is 22.7 Å². The highest BCUT2D eigenvalue weighted by Crippen LogP contribution is 2.28. The highest BCUT2D eigenvalue weighted by atomic mass is 79.9. The third-order valence-electron chi connectivity index (χ3n) is 1.90. The average Bonchev–Trinajstić information content (AvgIpc) is 2.18. The molecule has 0 aliphatic carbocycles. The number of aliphatic hydroxyl groups excluding tert-OH is 1. The second-order valence-electron chi connectivity index (χ2n) is 2.90. The first kappa shape index (κ1) is 11.2. The number of aliphatic hydroxyl groups is 1. The highest BCUT2D eigenvalue weighted by Gasteiger charge is 2.12. The van der Waals surface area contributed by atoms with Crippen molar-refractivity contribution < 1.29 is 9.50 Å². The van der Waals surface area contributed by atoms with Crippen LogP contribution in [0, 0.1) is 18.2 Å². The first-order valence-corrected chi connectivity index (χ1v) is 5.01. The number of rotatable bonds is 3. The first-order valence-electron chi connectivity index (χ1n) is 4.22. The Morgan fingerprint density at radius 3 is 2.93 bits per heavy atom. The van der Waals surface area contributed by atoms with Gasteiger partial charge in [-0.15, -0.1) is 12.3 Å². The van der Waals surface area contributed by atoms with Gasteiger partial charge < -0.3 is 5.11 Å². The Kier molecular flexibility index (Phi) is 4.12. The molecule has 3 heteroatoms. The van der Waals surface area contributed by atoms with E-state index >= 15 is 0 Å². The molecule has 0 aliphatic heterocycles. The molecule has 1 rings (SSSR count). The van der Waals surface area contributed by atoms with Crippen molar-refractivity contribution in [3.63, 3.8) is 0 Å². The maximum atomic E-state index is 13.1. The molecule has 0 saturated heterocycles. The molecule has 0 spiro atoms. The van der Waals surface area contributed by atoms with E-state index in [1.165, 1.54) is 6.07 Å². The lowest BCUT2D eigenvalue weighted by Gasteiger charge is -2.11. The molecule has 1 nitrogen and oxygen atoms in total. The number of hydrogen-bond donors (Lipinski definition) is 1. The van der Waals surface area contributed by atoms with Gasteiger partial charge in [-0.25, -0.2) is 4.39 Å². The van der Waals surface area contributed by atoms with Crippen LogP contribution >= 0.6 is 15.9 Å². The Balaban J connectivity index is 2.85. The molecule has 0 saturated carbocycles. The van der Waals surface area contributed by atoms with Crippen molar-refractivity contribution in [3.05, 3.63) is 34.1 Å². The van der Waals surface area contributed by atoms with Gasteiger partial charge in [0.1, 0.15) is 5.82 Å². The summed E-state index contributed by atoms with van der Waals surface area (Å²) >= 11 is 3.09. The Labute approximate surface area is 91.1 Å². The summed E-state index contributed by atoms with van der Waals surface area (Å²) in [5.74, 6) is 2.06. The molecule has 0 bridgehead atoms. The van der Waals surface area contributed by atoms with Gasteiger partial charge in [0.2, 0.25) is 0 Å². The summed E-state index contributed by atoms with van der Waals surface area (Å²) in [6.07, 6.45) is 5.28. The van der Waals surface area contributed by atoms with E-state index in [0.717, 1.165) is 0 Å². The molecular weight excluding hydrogens is 247 g/mol. The SMILES string of the molecule is C#CCCC(O)c1cccc(F)c1Br. The van der Waals surface area contributed by atoms with Crippen LogP contribution in [-0.4, -0.2) is 5.11 Å². The Hall–Kier alpha value is -0.850. The number of benzene rings is 1. The minimum atomic E-state index is -0.712. The van der Waals surface area contributed by atoms with E-state index in [0.29, 0.717) is 22.9 Å². The molecule has 0 aromatic heterocycles. The predicted molar refractivity (Wildman–Crippen MR) is 57.1 cm³/mol. The van der Waals surface area contributed by atoms with E-state index in [9.17, 15) is 9.50 Å². The summed E-state index contributed by atoms with van der Waals surface area (Å²) in [7, 11) is 0. The molecule has 14 heavy (non-hydrogen) atoms. The highest BCUT2D eigenvalue weighted by molar-refractivity contribution is 9.10. The van der Waals surface area contributed by atoms with Gasteiger partial charge >= 0.3 is 0 Å². The molecule has 74 valence electrons. The van der Waals surface area contributed by atoms with E-state index in [1.54, 1.807) is 12.1 Å². The lowest BCUT2D eigenvalue weighted by molar-refractivity contribution is 0.168. The Morgan fingerprint density at radius 2 is 2.29 bits per heavy atom. The van der Waals surface area contributed by atoms with Crippen LogP contribution in [0.3, 0.4) is 0 Å². The van der Waals surface area contributed by atoms with Crippen molar-refractivity contribution in [2.75, 3.05) is 0 Å². The van der Waals surface area contributed by atoms with E-state index in [-0.39, 0.29) is 5.82 Å². The van der Waals surface area contributed by atoms with E-state index in [4.69, 9.17) is 6.42 Å². The van der Waals surface area contributed by atoms with Gasteiger partial charge in [0.05, 0.1) is 10.6 Å². The smallest absolute Gasteiger partial charge is 0.137 e. The number of halogens is 2. The molecular formula is C11H10BrFO. The van der Waals surface area contributed by atoms with Gasteiger partial charge in [-0.1, -0.05) is 12.1 Å². The van der Waals surface area contributed by atoms with Crippen molar-refractivity contribution in [2.45, 2.75) is 18.9 Å². The molecule has 1 unspecified atom stereocenters. The Morgan fingerprint density at radius 1 is 1.57 bits per heavy atom. The van der Waals surface area contributed by atoms with Crippen LogP contribution in [0.25, 0.3) is 0 Å². The monoisotopic (exact) mass is 256 g/mol. The van der Waals surface area contributed by atoms with Gasteiger partial charge in [0.15, 0.2) is 0 Å². The molecule has 0 fully saturated rings. The van der Waals surface area contributed by atoms with Gasteiger partial charge in [0, 0.05) is 6.42 Å². The lowest BCUT2D eigenvalue weighted by atomic mass is 10.1. The molecule has 0 aliphatic rings. The second-order valence-corrected chi connectivity index (χ2v) is 3.69. The molecule has 0 amide bonds. The summed E-state index contributed by atoms with van der Waals surface area (Å²) in [6, 6.07) is 4.57. The summed E-state index contributed by atoms with van der Waals surface area (Å²) in [5.41, 5.74) is 0.542. The van der Waals surface area contributed by atoms with Crippen molar-refractivity contribution in [1.29, 1.82) is 0 Å². The normalized spacial score (nSPS) is 12.1. The molecule has 0 heterocycles. The summed E-state index contributed by atoms with van der Waals surface area (Å²) in [4.78, 5) is 0. The van der Waals surface area contributed by atoms with Crippen molar-refractivity contribution in [1.82, 2.24) is 0 Å². The maximum absolute atomic E-state index is 13.1. The quantitative estimate of drug-likeness (QED) is 0.825. The van der Waals surface area contributed by atoms with Crippen LogP contribution in [0.5, 0.6) is 0 Å². The summed E-state index contributed by atoms with van der Waals surface area (Å²) in [5, 5.41) is 9.66. The number of terminal acetylenes is 1. The average molecular weight is 257 g/mol. The van der Waals surface area contributed by atoms with E-state index < -0.39 is 6.10 Å². The third-order valence-corrected chi connectivity index (χ3v) is 2.74. The van der Waals surface area contributed by atoms with Crippen molar-refractivity contribution in [2.24, 2.45) is 0 Å². The van der Waals surface area contributed by atoms with Crippen LogP contribution in [-0.2, 0) is 0 Å². The Bertz CT molecular complexity index is 357. The fourth-order valence-corrected chi connectivity index (χ4v) is 1.68. The van der Waals surface area contributed by atoms with Gasteiger partial charge in [-0.2, -0.15) is 0 Å². The summed E-state index contributed by atoms with van der Waals surface area (Å²) < 4.78 is 13.4. The zero-order chi connectivity index (χ0) is 10.6. The van der Waals surface area contributed by atoms with Gasteiger partial charge in [0.25, 0.3) is 0 Å². The fourth-order valence-electron chi connectivity index (χ4n) is 1.15. The molecule has 1 aromatic rings.